The molecule has 0 aliphatic carbocycles. The summed E-state index contributed by atoms with van der Waals surface area (Å²) in [4.78, 5) is 9.55. The van der Waals surface area contributed by atoms with Gasteiger partial charge in [-0.05, 0) is 25.6 Å². The van der Waals surface area contributed by atoms with Gasteiger partial charge in [0.15, 0.2) is 0 Å². The first kappa shape index (κ1) is 14.3. The second-order valence-corrected chi connectivity index (χ2v) is 5.81. The fraction of sp³-hybridized carbons (Fsp3) is 0.471. The number of rotatable bonds is 3. The third-order valence-electron chi connectivity index (χ3n) is 4.50. The van der Waals surface area contributed by atoms with Gasteiger partial charge < -0.3 is 10.0 Å². The lowest BCUT2D eigenvalue weighted by Crippen LogP contribution is -2.51. The highest BCUT2D eigenvalue weighted by molar-refractivity contribution is 5.81. The third-order valence-corrected chi connectivity index (χ3v) is 4.50. The largest absolute Gasteiger partial charge is 0.392 e. The molecular weight excluding hydrogens is 262 g/mol. The second kappa shape index (κ2) is 6.00. The molecule has 0 spiro atoms. The van der Waals surface area contributed by atoms with Crippen molar-refractivity contribution >= 4 is 16.7 Å². The Morgan fingerprint density at radius 2 is 2.10 bits per heavy atom. The molecule has 1 N–H and O–H groups in total. The molecule has 4 heteroatoms. The maximum Gasteiger partial charge on any atom is 0.134 e. The summed E-state index contributed by atoms with van der Waals surface area (Å²) in [6.45, 7) is 5.25. The number of hydrogen-bond donors (Lipinski definition) is 1. The van der Waals surface area contributed by atoms with E-state index in [9.17, 15) is 5.11 Å². The maximum absolute atomic E-state index is 9.71. The highest BCUT2D eigenvalue weighted by Gasteiger charge is 2.25. The lowest BCUT2D eigenvalue weighted by molar-refractivity contribution is 0.212. The summed E-state index contributed by atoms with van der Waals surface area (Å²) in [5.74, 6) is 0.947. The molecule has 1 saturated heterocycles. The number of aliphatic hydroxyl groups excluding tert-OH is 1. The number of nitrogens with zero attached hydrogens (tertiary/aromatic N) is 3. The average Bonchev–Trinajstić information content (AvgIpc) is 2.54. The number of aliphatic hydroxyl groups is 1. The van der Waals surface area contributed by atoms with Crippen LogP contribution >= 0.6 is 0 Å². The van der Waals surface area contributed by atoms with Gasteiger partial charge in [-0.3, -0.25) is 4.90 Å². The van der Waals surface area contributed by atoms with Crippen LogP contribution in [0.25, 0.3) is 10.9 Å². The van der Waals surface area contributed by atoms with Gasteiger partial charge in [0, 0.05) is 36.6 Å². The predicted molar refractivity (Wildman–Crippen MR) is 86.6 cm³/mol. The zero-order valence-corrected chi connectivity index (χ0v) is 12.8. The van der Waals surface area contributed by atoms with E-state index in [-0.39, 0.29) is 6.61 Å². The standard InChI is InChI=1S/C17H23N3O/c1-3-15-11-20(9-8-19(15)2)17-14(12-21)10-13-6-4-5-7-16(13)18-17/h4-7,10,15,21H,3,8-9,11-12H2,1-2H3. The number of likely N-dealkylation sites (N-methyl/N-ethyl adjacent to an activating group) is 1. The SMILES string of the molecule is CCC1CN(c2nc3ccccc3cc2CO)CCN1C. The van der Waals surface area contributed by atoms with Gasteiger partial charge in [-0.2, -0.15) is 0 Å². The molecule has 1 aromatic carbocycles. The van der Waals surface area contributed by atoms with Crippen LogP contribution in [0.15, 0.2) is 30.3 Å². The van der Waals surface area contributed by atoms with E-state index in [1.54, 1.807) is 0 Å². The molecule has 1 aromatic heterocycles. The zero-order valence-electron chi connectivity index (χ0n) is 12.8. The van der Waals surface area contributed by atoms with Crippen molar-refractivity contribution in [3.63, 3.8) is 0 Å². The van der Waals surface area contributed by atoms with Crippen molar-refractivity contribution in [2.24, 2.45) is 0 Å². The van der Waals surface area contributed by atoms with E-state index in [1.807, 2.05) is 24.3 Å². The Morgan fingerprint density at radius 3 is 2.86 bits per heavy atom. The number of fused-ring (bicyclic) bond motifs is 1. The lowest BCUT2D eigenvalue weighted by Gasteiger charge is -2.40. The smallest absolute Gasteiger partial charge is 0.134 e. The molecule has 1 fully saturated rings. The molecule has 4 nitrogen and oxygen atoms in total. The predicted octanol–water partition coefficient (Wildman–Crippen LogP) is 2.26. The molecule has 0 bridgehead atoms. The molecule has 0 radical (unpaired) electrons. The minimum absolute atomic E-state index is 0.0380. The van der Waals surface area contributed by atoms with Crippen molar-refractivity contribution in [2.75, 3.05) is 31.6 Å². The molecule has 1 atom stereocenters. The number of anilines is 1. The van der Waals surface area contributed by atoms with E-state index < -0.39 is 0 Å². The van der Waals surface area contributed by atoms with Crippen LogP contribution in [-0.4, -0.2) is 47.7 Å². The van der Waals surface area contributed by atoms with Crippen molar-refractivity contribution in [3.8, 4) is 0 Å². The zero-order chi connectivity index (χ0) is 14.8. The Kier molecular flexibility index (Phi) is 4.08. The van der Waals surface area contributed by atoms with Gasteiger partial charge >= 0.3 is 0 Å². The first-order chi connectivity index (χ1) is 10.2. The Bertz CT molecular complexity index is 628. The number of piperazine rings is 1. The van der Waals surface area contributed by atoms with Gasteiger partial charge in [0.2, 0.25) is 0 Å². The van der Waals surface area contributed by atoms with E-state index in [2.05, 4.69) is 29.8 Å². The van der Waals surface area contributed by atoms with Gasteiger partial charge in [-0.1, -0.05) is 25.1 Å². The Morgan fingerprint density at radius 1 is 1.29 bits per heavy atom. The summed E-state index contributed by atoms with van der Waals surface area (Å²) >= 11 is 0. The third kappa shape index (κ3) is 2.74. The van der Waals surface area contributed by atoms with E-state index in [0.717, 1.165) is 48.3 Å². The van der Waals surface area contributed by atoms with Gasteiger partial charge in [-0.15, -0.1) is 0 Å². The molecule has 112 valence electrons. The summed E-state index contributed by atoms with van der Waals surface area (Å²) in [6.07, 6.45) is 1.13. The molecule has 1 aliphatic heterocycles. The summed E-state index contributed by atoms with van der Waals surface area (Å²) in [7, 11) is 2.19. The first-order valence-electron chi connectivity index (χ1n) is 7.67. The van der Waals surface area contributed by atoms with E-state index in [1.165, 1.54) is 0 Å². The molecule has 1 unspecified atom stereocenters. The minimum Gasteiger partial charge on any atom is -0.392 e. The summed E-state index contributed by atoms with van der Waals surface area (Å²) in [6, 6.07) is 10.7. The molecule has 1 aliphatic rings. The van der Waals surface area contributed by atoms with E-state index >= 15 is 0 Å². The molecule has 2 heterocycles. The van der Waals surface area contributed by atoms with Crippen molar-refractivity contribution < 1.29 is 5.11 Å². The van der Waals surface area contributed by atoms with Crippen molar-refractivity contribution in [3.05, 3.63) is 35.9 Å². The Labute approximate surface area is 126 Å². The van der Waals surface area contributed by atoms with Gasteiger partial charge in [-0.25, -0.2) is 4.98 Å². The number of hydrogen-bond acceptors (Lipinski definition) is 4. The Balaban J connectivity index is 1.98. The van der Waals surface area contributed by atoms with E-state index in [0.29, 0.717) is 6.04 Å². The maximum atomic E-state index is 9.71. The Hall–Kier alpha value is -1.65. The molecule has 2 aromatic rings. The lowest BCUT2D eigenvalue weighted by atomic mass is 10.1. The number of aromatic nitrogens is 1. The van der Waals surface area contributed by atoms with Crippen LogP contribution in [0.2, 0.25) is 0 Å². The number of pyridine rings is 1. The van der Waals surface area contributed by atoms with Crippen molar-refractivity contribution in [2.45, 2.75) is 26.0 Å². The number of para-hydroxylation sites is 1. The fourth-order valence-electron chi connectivity index (χ4n) is 3.12. The molecule has 3 rings (SSSR count). The topological polar surface area (TPSA) is 39.6 Å². The normalized spacial score (nSPS) is 20.1. The van der Waals surface area contributed by atoms with Crippen LogP contribution in [0.1, 0.15) is 18.9 Å². The molecule has 0 amide bonds. The molecular formula is C17H23N3O. The van der Waals surface area contributed by atoms with E-state index in [4.69, 9.17) is 4.98 Å². The average molecular weight is 285 g/mol. The van der Waals surface area contributed by atoms with Crippen LogP contribution in [0.5, 0.6) is 0 Å². The quantitative estimate of drug-likeness (QED) is 0.939. The van der Waals surface area contributed by atoms with Crippen molar-refractivity contribution in [1.29, 1.82) is 0 Å². The van der Waals surface area contributed by atoms with Crippen LogP contribution in [-0.2, 0) is 6.61 Å². The number of benzene rings is 1. The van der Waals surface area contributed by atoms with Crippen LogP contribution in [0.4, 0.5) is 5.82 Å². The molecule has 21 heavy (non-hydrogen) atoms. The highest BCUT2D eigenvalue weighted by Crippen LogP contribution is 2.26. The minimum atomic E-state index is 0.0380. The monoisotopic (exact) mass is 285 g/mol. The van der Waals surface area contributed by atoms with Crippen LogP contribution < -0.4 is 4.90 Å². The highest BCUT2D eigenvalue weighted by atomic mass is 16.3. The van der Waals surface area contributed by atoms with Gasteiger partial charge in [0.25, 0.3) is 0 Å². The van der Waals surface area contributed by atoms with Crippen molar-refractivity contribution in [1.82, 2.24) is 9.88 Å². The first-order valence-corrected chi connectivity index (χ1v) is 7.67. The summed E-state index contributed by atoms with van der Waals surface area (Å²) < 4.78 is 0. The summed E-state index contributed by atoms with van der Waals surface area (Å²) in [5.41, 5.74) is 1.92. The fourth-order valence-corrected chi connectivity index (χ4v) is 3.12. The second-order valence-electron chi connectivity index (χ2n) is 5.81. The van der Waals surface area contributed by atoms with Gasteiger partial charge in [0.05, 0.1) is 12.1 Å². The van der Waals surface area contributed by atoms with Crippen LogP contribution in [0, 0.1) is 0 Å². The molecule has 0 saturated carbocycles. The summed E-state index contributed by atoms with van der Waals surface area (Å²) in [5, 5.41) is 10.8. The van der Waals surface area contributed by atoms with Crippen LogP contribution in [0.3, 0.4) is 0 Å². The van der Waals surface area contributed by atoms with Gasteiger partial charge in [0.1, 0.15) is 5.82 Å².